The third kappa shape index (κ3) is 3.28. The molecule has 1 fully saturated rings. The lowest BCUT2D eigenvalue weighted by atomic mass is 9.85. The van der Waals surface area contributed by atoms with Crippen molar-refractivity contribution in [3.8, 4) is 11.5 Å². The number of carbonyl (C=O) groups excluding carboxylic acids is 2. The van der Waals surface area contributed by atoms with Crippen LogP contribution in [0.2, 0.25) is 0 Å². The topological polar surface area (TPSA) is 71.5 Å². The van der Waals surface area contributed by atoms with Crippen LogP contribution in [0, 0.1) is 5.92 Å². The molecule has 0 unspecified atom stereocenters. The maximum Gasteiger partial charge on any atom is 0.235 e. The normalized spacial score (nSPS) is 17.4. The van der Waals surface area contributed by atoms with Gasteiger partial charge in [0.15, 0.2) is 5.13 Å². The Labute approximate surface area is 190 Å². The van der Waals surface area contributed by atoms with Crippen molar-refractivity contribution in [1.29, 1.82) is 0 Å². The van der Waals surface area contributed by atoms with Crippen LogP contribution in [0.4, 0.5) is 5.13 Å². The number of amides is 2. The molecule has 3 heterocycles. The molecule has 162 valence electrons. The molecule has 2 aliphatic heterocycles. The summed E-state index contributed by atoms with van der Waals surface area (Å²) in [4.78, 5) is 33.7. The minimum absolute atomic E-state index is 0.0747. The highest BCUT2D eigenvalue weighted by Crippen LogP contribution is 2.45. The third-order valence-corrected chi connectivity index (χ3v) is 7.67. The van der Waals surface area contributed by atoms with E-state index < -0.39 is 0 Å². The number of rotatable bonds is 3. The van der Waals surface area contributed by atoms with Crippen LogP contribution in [0.1, 0.15) is 46.9 Å². The molecule has 0 saturated heterocycles. The number of para-hydroxylation sites is 2. The van der Waals surface area contributed by atoms with Gasteiger partial charge < -0.3 is 15.0 Å². The van der Waals surface area contributed by atoms with Gasteiger partial charge in [-0.25, -0.2) is 4.98 Å². The summed E-state index contributed by atoms with van der Waals surface area (Å²) in [6.07, 6.45) is 3.76. The van der Waals surface area contributed by atoms with Crippen molar-refractivity contribution in [2.24, 2.45) is 5.92 Å². The highest BCUT2D eigenvalue weighted by atomic mass is 32.1. The standard InChI is InChI=1S/C25H23N3O3S/c29-23(15-6-5-7-15)27-25-26-18-12-13-28(14-21(18)32-25)24(30)22-16-8-1-3-10-19(16)31-20-11-4-2-9-17(20)22/h1-4,8-11,15,22H,5-7,12-14H2,(H,26,27,29). The summed E-state index contributed by atoms with van der Waals surface area (Å²) in [5.41, 5.74) is 2.80. The largest absolute Gasteiger partial charge is 0.457 e. The molecule has 3 aromatic rings. The molecule has 6 rings (SSSR count). The second-order valence-corrected chi connectivity index (χ2v) is 9.71. The van der Waals surface area contributed by atoms with Gasteiger partial charge in [-0.15, -0.1) is 0 Å². The summed E-state index contributed by atoms with van der Waals surface area (Å²) in [5.74, 6) is 1.37. The fourth-order valence-electron chi connectivity index (χ4n) is 4.67. The summed E-state index contributed by atoms with van der Waals surface area (Å²) >= 11 is 1.49. The smallest absolute Gasteiger partial charge is 0.235 e. The molecule has 1 aliphatic carbocycles. The van der Waals surface area contributed by atoms with Crippen molar-refractivity contribution in [2.45, 2.75) is 38.1 Å². The Morgan fingerprint density at radius 1 is 1.03 bits per heavy atom. The monoisotopic (exact) mass is 445 g/mol. The Kier molecular flexibility index (Phi) is 4.72. The molecule has 1 saturated carbocycles. The van der Waals surface area contributed by atoms with Crippen LogP contribution in [0.15, 0.2) is 48.5 Å². The Morgan fingerprint density at radius 3 is 2.38 bits per heavy atom. The van der Waals surface area contributed by atoms with E-state index in [1.807, 2.05) is 53.4 Å². The highest BCUT2D eigenvalue weighted by molar-refractivity contribution is 7.15. The zero-order valence-electron chi connectivity index (χ0n) is 17.5. The number of fused-ring (bicyclic) bond motifs is 3. The molecular weight excluding hydrogens is 422 g/mol. The molecule has 1 N–H and O–H groups in total. The van der Waals surface area contributed by atoms with E-state index in [0.29, 0.717) is 24.6 Å². The molecule has 0 radical (unpaired) electrons. The lowest BCUT2D eigenvalue weighted by Crippen LogP contribution is -2.39. The van der Waals surface area contributed by atoms with Gasteiger partial charge in [-0.3, -0.25) is 9.59 Å². The van der Waals surface area contributed by atoms with Crippen LogP contribution in [-0.2, 0) is 22.6 Å². The summed E-state index contributed by atoms with van der Waals surface area (Å²) in [6.45, 7) is 1.14. The second kappa shape index (κ2) is 7.74. The molecular formula is C25H23N3O3S. The van der Waals surface area contributed by atoms with Crippen molar-refractivity contribution in [2.75, 3.05) is 11.9 Å². The summed E-state index contributed by atoms with van der Waals surface area (Å²) in [7, 11) is 0. The molecule has 0 spiro atoms. The first kappa shape index (κ1) is 19.5. The van der Waals surface area contributed by atoms with Gasteiger partial charge in [0.05, 0.1) is 18.2 Å². The molecule has 6 nitrogen and oxygen atoms in total. The van der Waals surface area contributed by atoms with Gasteiger partial charge in [-0.05, 0) is 25.0 Å². The number of nitrogens with one attached hydrogen (secondary N) is 1. The maximum atomic E-state index is 13.8. The quantitative estimate of drug-likeness (QED) is 0.634. The van der Waals surface area contributed by atoms with E-state index in [1.54, 1.807) is 0 Å². The summed E-state index contributed by atoms with van der Waals surface area (Å²) in [5, 5.41) is 3.64. The van der Waals surface area contributed by atoms with Gasteiger partial charge in [0.1, 0.15) is 11.5 Å². The Hall–Kier alpha value is -3.19. The molecule has 2 amide bonds. The molecule has 32 heavy (non-hydrogen) atoms. The SMILES string of the molecule is O=C(Nc1nc2c(s1)CN(C(=O)C1c3ccccc3Oc3ccccc31)CC2)C1CCC1. The zero-order chi connectivity index (χ0) is 21.7. The van der Waals surface area contributed by atoms with Gasteiger partial charge in [0, 0.05) is 34.9 Å². The Morgan fingerprint density at radius 2 is 1.72 bits per heavy atom. The van der Waals surface area contributed by atoms with Crippen LogP contribution in [-0.4, -0.2) is 28.2 Å². The number of hydrogen-bond acceptors (Lipinski definition) is 5. The van der Waals surface area contributed by atoms with E-state index >= 15 is 0 Å². The number of aromatic nitrogens is 1. The fourth-order valence-corrected chi connectivity index (χ4v) is 5.70. The lowest BCUT2D eigenvalue weighted by Gasteiger charge is -2.33. The van der Waals surface area contributed by atoms with Crippen LogP contribution in [0.25, 0.3) is 0 Å². The number of hydrogen-bond donors (Lipinski definition) is 1. The number of anilines is 1. The summed E-state index contributed by atoms with van der Waals surface area (Å²) in [6, 6.07) is 15.5. The van der Waals surface area contributed by atoms with Crippen molar-refractivity contribution < 1.29 is 14.3 Å². The van der Waals surface area contributed by atoms with E-state index in [1.165, 1.54) is 11.3 Å². The van der Waals surface area contributed by atoms with Crippen LogP contribution in [0.5, 0.6) is 11.5 Å². The van der Waals surface area contributed by atoms with Crippen molar-refractivity contribution in [3.05, 3.63) is 70.2 Å². The van der Waals surface area contributed by atoms with E-state index in [4.69, 9.17) is 4.74 Å². The van der Waals surface area contributed by atoms with Gasteiger partial charge >= 0.3 is 0 Å². The van der Waals surface area contributed by atoms with E-state index in [9.17, 15) is 9.59 Å². The molecule has 7 heteroatoms. The first-order chi connectivity index (χ1) is 15.7. The third-order valence-electron chi connectivity index (χ3n) is 6.68. The summed E-state index contributed by atoms with van der Waals surface area (Å²) < 4.78 is 6.06. The predicted molar refractivity (Wildman–Crippen MR) is 122 cm³/mol. The number of carbonyl (C=O) groups is 2. The molecule has 0 atom stereocenters. The van der Waals surface area contributed by atoms with Crippen molar-refractivity contribution in [1.82, 2.24) is 9.88 Å². The molecule has 2 aromatic carbocycles. The molecule has 0 bridgehead atoms. The van der Waals surface area contributed by atoms with Crippen molar-refractivity contribution in [3.63, 3.8) is 0 Å². The van der Waals surface area contributed by atoms with Crippen LogP contribution in [0.3, 0.4) is 0 Å². The second-order valence-electron chi connectivity index (χ2n) is 8.63. The highest BCUT2D eigenvalue weighted by Gasteiger charge is 2.37. The van der Waals surface area contributed by atoms with Crippen molar-refractivity contribution >= 4 is 28.3 Å². The molecule has 3 aliphatic rings. The lowest BCUT2D eigenvalue weighted by molar-refractivity contribution is -0.133. The predicted octanol–water partition coefficient (Wildman–Crippen LogP) is 4.70. The van der Waals surface area contributed by atoms with Gasteiger partial charge in [-0.2, -0.15) is 0 Å². The van der Waals surface area contributed by atoms with Gasteiger partial charge in [-0.1, -0.05) is 54.2 Å². The Balaban J connectivity index is 1.25. The van der Waals surface area contributed by atoms with Gasteiger partial charge in [0.25, 0.3) is 0 Å². The van der Waals surface area contributed by atoms with E-state index in [-0.39, 0.29) is 23.7 Å². The van der Waals surface area contributed by atoms with Crippen LogP contribution < -0.4 is 10.1 Å². The maximum absolute atomic E-state index is 13.8. The number of benzene rings is 2. The molecule has 1 aromatic heterocycles. The zero-order valence-corrected chi connectivity index (χ0v) is 18.4. The van der Waals surface area contributed by atoms with Crippen LogP contribution >= 0.6 is 11.3 Å². The fraction of sp³-hybridized carbons (Fsp3) is 0.320. The number of ether oxygens (including phenoxy) is 1. The van der Waals surface area contributed by atoms with E-state index in [2.05, 4.69) is 10.3 Å². The number of thiazole rings is 1. The minimum atomic E-state index is -0.386. The minimum Gasteiger partial charge on any atom is -0.457 e. The average molecular weight is 446 g/mol. The average Bonchev–Trinajstić information content (AvgIpc) is 3.17. The first-order valence-electron chi connectivity index (χ1n) is 11.1. The number of nitrogens with zero attached hydrogens (tertiary/aromatic N) is 2. The van der Waals surface area contributed by atoms with Gasteiger partial charge in [0.2, 0.25) is 11.8 Å². The first-order valence-corrected chi connectivity index (χ1v) is 11.9. The Bertz CT molecular complexity index is 1170. The van der Waals surface area contributed by atoms with E-state index in [0.717, 1.165) is 52.5 Å².